The average molecular weight is 296 g/mol. The predicted octanol–water partition coefficient (Wildman–Crippen LogP) is 1.32. The van der Waals surface area contributed by atoms with Gasteiger partial charge in [0.1, 0.15) is 23.4 Å². The molecule has 0 N–H and O–H groups in total. The Morgan fingerprint density at radius 2 is 2.00 bits per heavy atom. The van der Waals surface area contributed by atoms with Crippen molar-refractivity contribution in [3.8, 4) is 6.07 Å². The molecule has 0 radical (unpaired) electrons. The molecule has 114 valence electrons. The molecule has 0 aromatic carbocycles. The van der Waals surface area contributed by atoms with Gasteiger partial charge in [-0.2, -0.15) is 5.26 Å². The first kappa shape index (κ1) is 14.5. The number of imidazole rings is 1. The molecule has 0 bridgehead atoms. The topological polar surface area (TPSA) is 61.0 Å². The first-order valence-corrected chi connectivity index (χ1v) is 7.48. The van der Waals surface area contributed by atoms with E-state index in [1.807, 2.05) is 38.5 Å². The molecule has 0 amide bonds. The summed E-state index contributed by atoms with van der Waals surface area (Å²) in [5.41, 5.74) is 1.45. The van der Waals surface area contributed by atoms with Crippen molar-refractivity contribution < 1.29 is 0 Å². The molecule has 6 heteroatoms. The summed E-state index contributed by atoms with van der Waals surface area (Å²) in [5.74, 6) is 1.99. The van der Waals surface area contributed by atoms with Gasteiger partial charge in [-0.05, 0) is 18.6 Å². The lowest BCUT2D eigenvalue weighted by atomic mass is 10.2. The number of nitrogens with zero attached hydrogens (tertiary/aromatic N) is 6. The van der Waals surface area contributed by atoms with Crippen LogP contribution >= 0.6 is 0 Å². The van der Waals surface area contributed by atoms with Crippen LogP contribution in [-0.4, -0.2) is 45.6 Å². The van der Waals surface area contributed by atoms with Crippen molar-refractivity contribution in [3.05, 3.63) is 41.6 Å². The Kier molecular flexibility index (Phi) is 4.07. The first-order chi connectivity index (χ1) is 10.7. The summed E-state index contributed by atoms with van der Waals surface area (Å²) in [6.07, 6.45) is 3.82. The summed E-state index contributed by atoms with van der Waals surface area (Å²) >= 11 is 0. The molecule has 3 heterocycles. The van der Waals surface area contributed by atoms with Gasteiger partial charge in [-0.25, -0.2) is 9.97 Å². The molecule has 2 aromatic heterocycles. The van der Waals surface area contributed by atoms with Gasteiger partial charge in [0.15, 0.2) is 0 Å². The number of aryl methyl sites for hydroxylation is 2. The predicted molar refractivity (Wildman–Crippen MR) is 84.4 cm³/mol. The number of hydrogen-bond acceptors (Lipinski definition) is 5. The highest BCUT2D eigenvalue weighted by atomic mass is 15.3. The maximum absolute atomic E-state index is 9.10. The minimum Gasteiger partial charge on any atom is -0.354 e. The minimum atomic E-state index is 0.521. The van der Waals surface area contributed by atoms with Crippen molar-refractivity contribution in [3.63, 3.8) is 0 Å². The Bertz CT molecular complexity index is 691. The van der Waals surface area contributed by atoms with E-state index in [1.165, 1.54) is 0 Å². The third-order valence-corrected chi connectivity index (χ3v) is 4.17. The van der Waals surface area contributed by atoms with Crippen LogP contribution in [0.2, 0.25) is 0 Å². The van der Waals surface area contributed by atoms with Crippen molar-refractivity contribution in [1.29, 1.82) is 5.26 Å². The van der Waals surface area contributed by atoms with Crippen molar-refractivity contribution in [1.82, 2.24) is 19.4 Å². The maximum Gasteiger partial charge on any atom is 0.145 e. The van der Waals surface area contributed by atoms with Gasteiger partial charge in [-0.3, -0.25) is 4.90 Å². The van der Waals surface area contributed by atoms with Gasteiger partial charge in [-0.1, -0.05) is 6.07 Å². The number of pyridine rings is 1. The third-order valence-electron chi connectivity index (χ3n) is 4.17. The second kappa shape index (κ2) is 6.16. The van der Waals surface area contributed by atoms with Crippen LogP contribution in [0.5, 0.6) is 0 Å². The van der Waals surface area contributed by atoms with Crippen LogP contribution in [0.25, 0.3) is 0 Å². The SMILES string of the molecule is Cc1ccc(N2CCN(Cc3nccn3C)CC2)nc1C#N. The summed E-state index contributed by atoms with van der Waals surface area (Å²) < 4.78 is 2.06. The fourth-order valence-electron chi connectivity index (χ4n) is 2.69. The molecule has 0 atom stereocenters. The highest BCUT2D eigenvalue weighted by Crippen LogP contribution is 2.17. The lowest BCUT2D eigenvalue weighted by Gasteiger charge is -2.35. The molecule has 2 aromatic rings. The Balaban J connectivity index is 1.62. The van der Waals surface area contributed by atoms with Crippen LogP contribution in [0.1, 0.15) is 17.1 Å². The Labute approximate surface area is 130 Å². The van der Waals surface area contributed by atoms with Crippen LogP contribution in [0.4, 0.5) is 5.82 Å². The molecular weight excluding hydrogens is 276 g/mol. The second-order valence-corrected chi connectivity index (χ2v) is 5.66. The summed E-state index contributed by atoms with van der Waals surface area (Å²) in [4.78, 5) is 13.5. The molecule has 22 heavy (non-hydrogen) atoms. The standard InChI is InChI=1S/C16H20N6/c1-13-3-4-15(19-14(13)11-17)22-9-7-21(8-10-22)12-16-18-5-6-20(16)2/h3-6H,7-10,12H2,1-2H3. The molecule has 6 nitrogen and oxygen atoms in total. The first-order valence-electron chi connectivity index (χ1n) is 7.48. The fraction of sp³-hybridized carbons (Fsp3) is 0.438. The van der Waals surface area contributed by atoms with E-state index in [1.54, 1.807) is 0 Å². The zero-order valence-corrected chi connectivity index (χ0v) is 13.0. The van der Waals surface area contributed by atoms with Crippen LogP contribution in [0, 0.1) is 18.3 Å². The summed E-state index contributed by atoms with van der Waals surface area (Å²) in [6.45, 7) is 6.59. The smallest absolute Gasteiger partial charge is 0.145 e. The Morgan fingerprint density at radius 1 is 1.23 bits per heavy atom. The average Bonchev–Trinajstić information content (AvgIpc) is 2.94. The van der Waals surface area contributed by atoms with Crippen molar-refractivity contribution in [2.45, 2.75) is 13.5 Å². The van der Waals surface area contributed by atoms with E-state index in [9.17, 15) is 0 Å². The zero-order chi connectivity index (χ0) is 15.5. The Hall–Kier alpha value is -2.39. The van der Waals surface area contributed by atoms with E-state index < -0.39 is 0 Å². The monoisotopic (exact) mass is 296 g/mol. The van der Waals surface area contributed by atoms with Gasteiger partial charge in [0.2, 0.25) is 0 Å². The van der Waals surface area contributed by atoms with E-state index in [4.69, 9.17) is 5.26 Å². The number of nitriles is 1. The summed E-state index contributed by atoms with van der Waals surface area (Å²) in [7, 11) is 2.03. The molecule has 0 aliphatic carbocycles. The highest BCUT2D eigenvalue weighted by molar-refractivity contribution is 5.45. The molecule has 1 aliphatic rings. The molecule has 1 aliphatic heterocycles. The van der Waals surface area contributed by atoms with Crippen molar-refractivity contribution in [2.24, 2.45) is 7.05 Å². The largest absolute Gasteiger partial charge is 0.354 e. The van der Waals surface area contributed by atoms with Crippen LogP contribution in [0.15, 0.2) is 24.5 Å². The number of anilines is 1. The molecule has 1 fully saturated rings. The molecular formula is C16H20N6. The molecule has 1 saturated heterocycles. The zero-order valence-electron chi connectivity index (χ0n) is 13.0. The lowest BCUT2D eigenvalue weighted by molar-refractivity contribution is 0.241. The second-order valence-electron chi connectivity index (χ2n) is 5.66. The van der Waals surface area contributed by atoms with E-state index in [0.29, 0.717) is 5.69 Å². The van der Waals surface area contributed by atoms with Gasteiger partial charge in [0, 0.05) is 45.6 Å². The molecule has 3 rings (SSSR count). The highest BCUT2D eigenvalue weighted by Gasteiger charge is 2.19. The van der Waals surface area contributed by atoms with Crippen LogP contribution < -0.4 is 4.90 Å². The molecule has 0 spiro atoms. The van der Waals surface area contributed by atoms with E-state index in [-0.39, 0.29) is 0 Å². The van der Waals surface area contributed by atoms with Gasteiger partial charge >= 0.3 is 0 Å². The quantitative estimate of drug-likeness (QED) is 0.855. The Morgan fingerprint density at radius 3 is 2.64 bits per heavy atom. The van der Waals surface area contributed by atoms with Gasteiger partial charge in [0.25, 0.3) is 0 Å². The fourth-order valence-corrected chi connectivity index (χ4v) is 2.69. The van der Waals surface area contributed by atoms with E-state index >= 15 is 0 Å². The van der Waals surface area contributed by atoms with Gasteiger partial charge in [0.05, 0.1) is 6.54 Å². The molecule has 0 unspecified atom stereocenters. The van der Waals surface area contributed by atoms with Gasteiger partial charge in [-0.15, -0.1) is 0 Å². The number of piperazine rings is 1. The number of aromatic nitrogens is 3. The normalized spacial score (nSPS) is 15.8. The summed E-state index contributed by atoms with van der Waals surface area (Å²) in [6, 6.07) is 6.14. The number of rotatable bonds is 3. The number of hydrogen-bond donors (Lipinski definition) is 0. The van der Waals surface area contributed by atoms with Crippen LogP contribution in [-0.2, 0) is 13.6 Å². The van der Waals surface area contributed by atoms with E-state index in [0.717, 1.165) is 49.9 Å². The van der Waals surface area contributed by atoms with Crippen molar-refractivity contribution >= 4 is 5.82 Å². The third kappa shape index (κ3) is 2.95. The maximum atomic E-state index is 9.10. The van der Waals surface area contributed by atoms with Gasteiger partial charge < -0.3 is 9.47 Å². The minimum absolute atomic E-state index is 0.521. The molecule has 0 saturated carbocycles. The van der Waals surface area contributed by atoms with Crippen LogP contribution in [0.3, 0.4) is 0 Å². The van der Waals surface area contributed by atoms with E-state index in [2.05, 4.69) is 30.4 Å². The van der Waals surface area contributed by atoms with Crippen molar-refractivity contribution in [2.75, 3.05) is 31.1 Å². The summed E-state index contributed by atoms with van der Waals surface area (Å²) in [5, 5.41) is 9.10. The lowest BCUT2D eigenvalue weighted by Crippen LogP contribution is -2.46.